The molecule has 0 radical (unpaired) electrons. The first-order chi connectivity index (χ1) is 10.6. The predicted octanol–water partition coefficient (Wildman–Crippen LogP) is 2.72. The number of hydroxylamine groups is 1. The molecule has 4 rings (SSSR count). The van der Waals surface area contributed by atoms with Crippen molar-refractivity contribution in [1.82, 2.24) is 0 Å². The molecule has 0 saturated carbocycles. The van der Waals surface area contributed by atoms with Crippen LogP contribution in [0, 0.1) is 0 Å². The van der Waals surface area contributed by atoms with Gasteiger partial charge in [-0.3, -0.25) is 10.0 Å². The zero-order valence-electron chi connectivity index (χ0n) is 11.7. The van der Waals surface area contributed by atoms with E-state index in [0.29, 0.717) is 17.9 Å². The molecular weight excluding hydrogens is 300 g/mol. The Morgan fingerprint density at radius 1 is 1.32 bits per heavy atom. The van der Waals surface area contributed by atoms with Gasteiger partial charge in [0.2, 0.25) is 5.91 Å². The van der Waals surface area contributed by atoms with Crippen molar-refractivity contribution in [2.45, 2.75) is 16.7 Å². The van der Waals surface area contributed by atoms with Crippen LogP contribution >= 0.6 is 11.8 Å². The Morgan fingerprint density at radius 2 is 2.18 bits per heavy atom. The summed E-state index contributed by atoms with van der Waals surface area (Å²) in [5.41, 5.74) is 8.62. The summed E-state index contributed by atoms with van der Waals surface area (Å²) < 4.78 is 5.51. The van der Waals surface area contributed by atoms with Crippen molar-refractivity contribution < 1.29 is 14.7 Å². The third kappa shape index (κ3) is 2.03. The molecule has 0 bridgehead atoms. The lowest BCUT2D eigenvalue weighted by molar-refractivity contribution is 0.1000. The fourth-order valence-corrected chi connectivity index (χ4v) is 4.03. The molecule has 1 unspecified atom stereocenters. The predicted molar refractivity (Wildman–Crippen MR) is 83.5 cm³/mol. The minimum Gasteiger partial charge on any atom is -0.493 e. The molecule has 1 amide bonds. The number of hydrogen-bond donors (Lipinski definition) is 2. The van der Waals surface area contributed by atoms with Gasteiger partial charge in [-0.2, -0.15) is 0 Å². The number of thioether (sulfide) groups is 1. The van der Waals surface area contributed by atoms with Gasteiger partial charge in [0.1, 0.15) is 11.1 Å². The quantitative estimate of drug-likeness (QED) is 0.891. The van der Waals surface area contributed by atoms with Crippen LogP contribution in [0.25, 0.3) is 0 Å². The summed E-state index contributed by atoms with van der Waals surface area (Å²) in [6.45, 7) is 0.710. The van der Waals surface area contributed by atoms with E-state index >= 15 is 0 Å². The maximum atomic E-state index is 11.3. The lowest BCUT2D eigenvalue weighted by Crippen LogP contribution is -2.18. The standard InChI is InChI=1S/C16H14N2O3S/c17-15(19)10-1-3-12-14(8-10)22-16(18(12)20)11-2-4-13-9(7-11)5-6-21-13/h1-4,7-8,16,20H,5-6H2,(H2,17,19). The van der Waals surface area contributed by atoms with E-state index in [1.165, 1.54) is 22.4 Å². The van der Waals surface area contributed by atoms with Gasteiger partial charge in [0.05, 0.1) is 12.3 Å². The molecule has 5 nitrogen and oxygen atoms in total. The van der Waals surface area contributed by atoms with Crippen molar-refractivity contribution >= 4 is 23.4 Å². The largest absolute Gasteiger partial charge is 0.493 e. The molecular formula is C16H14N2O3S. The minimum atomic E-state index is -0.467. The van der Waals surface area contributed by atoms with Gasteiger partial charge >= 0.3 is 0 Å². The lowest BCUT2D eigenvalue weighted by atomic mass is 10.1. The molecule has 112 valence electrons. The van der Waals surface area contributed by atoms with Gasteiger partial charge < -0.3 is 10.5 Å². The molecule has 0 aromatic heterocycles. The van der Waals surface area contributed by atoms with Gasteiger partial charge in [-0.15, -0.1) is 0 Å². The van der Waals surface area contributed by atoms with E-state index in [1.54, 1.807) is 18.2 Å². The van der Waals surface area contributed by atoms with Crippen LogP contribution in [0.4, 0.5) is 5.69 Å². The maximum Gasteiger partial charge on any atom is 0.248 e. The van der Waals surface area contributed by atoms with Crippen molar-refractivity contribution in [3.8, 4) is 5.75 Å². The van der Waals surface area contributed by atoms with Crippen LogP contribution in [-0.4, -0.2) is 17.7 Å². The van der Waals surface area contributed by atoms with Crippen molar-refractivity contribution in [3.63, 3.8) is 0 Å². The third-order valence-electron chi connectivity index (χ3n) is 3.95. The summed E-state index contributed by atoms with van der Waals surface area (Å²) in [7, 11) is 0. The van der Waals surface area contributed by atoms with Gasteiger partial charge in [0.15, 0.2) is 0 Å². The van der Waals surface area contributed by atoms with E-state index in [0.717, 1.165) is 22.6 Å². The van der Waals surface area contributed by atoms with Crippen LogP contribution < -0.4 is 15.5 Å². The number of carbonyl (C=O) groups is 1. The summed E-state index contributed by atoms with van der Waals surface area (Å²) in [4.78, 5) is 12.1. The summed E-state index contributed by atoms with van der Waals surface area (Å²) in [5.74, 6) is 0.454. The van der Waals surface area contributed by atoms with E-state index in [9.17, 15) is 10.0 Å². The Hall–Kier alpha value is -2.18. The molecule has 22 heavy (non-hydrogen) atoms. The summed E-state index contributed by atoms with van der Waals surface area (Å²) in [6, 6.07) is 11.1. The second-order valence-corrected chi connectivity index (χ2v) is 6.45. The Kier molecular flexibility index (Phi) is 3.02. The van der Waals surface area contributed by atoms with Gasteiger partial charge in [-0.05, 0) is 41.5 Å². The van der Waals surface area contributed by atoms with E-state index in [2.05, 4.69) is 6.07 Å². The van der Waals surface area contributed by atoms with Crippen LogP contribution in [0.15, 0.2) is 41.3 Å². The minimum absolute atomic E-state index is 0.232. The average Bonchev–Trinajstić information content (AvgIpc) is 3.10. The topological polar surface area (TPSA) is 75.8 Å². The molecule has 2 heterocycles. The second-order valence-electron chi connectivity index (χ2n) is 5.33. The Balaban J connectivity index is 1.69. The van der Waals surface area contributed by atoms with Gasteiger partial charge in [0.25, 0.3) is 0 Å². The van der Waals surface area contributed by atoms with Gasteiger partial charge in [-0.25, -0.2) is 5.06 Å². The molecule has 0 spiro atoms. The van der Waals surface area contributed by atoms with Crippen LogP contribution in [0.5, 0.6) is 5.75 Å². The van der Waals surface area contributed by atoms with Crippen molar-refractivity contribution in [1.29, 1.82) is 0 Å². The number of hydrogen-bond acceptors (Lipinski definition) is 5. The molecule has 2 aliphatic rings. The molecule has 0 fully saturated rings. The number of nitrogens with two attached hydrogens (primary N) is 1. The molecule has 6 heteroatoms. The number of anilines is 1. The van der Waals surface area contributed by atoms with E-state index < -0.39 is 5.91 Å². The Labute approximate surface area is 131 Å². The fraction of sp³-hybridized carbons (Fsp3) is 0.188. The average molecular weight is 314 g/mol. The highest BCUT2D eigenvalue weighted by atomic mass is 32.2. The summed E-state index contributed by atoms with van der Waals surface area (Å²) in [6.07, 6.45) is 0.894. The van der Waals surface area contributed by atoms with Crippen molar-refractivity contribution in [2.24, 2.45) is 5.73 Å². The molecule has 0 saturated heterocycles. The van der Waals surface area contributed by atoms with Crippen molar-refractivity contribution in [2.75, 3.05) is 11.7 Å². The molecule has 2 aromatic carbocycles. The molecule has 2 aromatic rings. The highest BCUT2D eigenvalue weighted by Crippen LogP contribution is 2.51. The number of rotatable bonds is 2. The summed E-state index contributed by atoms with van der Waals surface area (Å²) in [5, 5.41) is 11.4. The number of ether oxygens (including phenoxy) is 1. The molecule has 1 atom stereocenters. The summed E-state index contributed by atoms with van der Waals surface area (Å²) >= 11 is 1.50. The Morgan fingerprint density at radius 3 is 3.00 bits per heavy atom. The Bertz CT molecular complexity index is 778. The molecule has 0 aliphatic carbocycles. The van der Waals surface area contributed by atoms with E-state index in [1.807, 2.05) is 12.1 Å². The first-order valence-corrected chi connectivity index (χ1v) is 7.86. The van der Waals surface area contributed by atoms with Crippen LogP contribution in [0.2, 0.25) is 0 Å². The number of amides is 1. The van der Waals surface area contributed by atoms with Crippen LogP contribution in [0.3, 0.4) is 0 Å². The van der Waals surface area contributed by atoms with Crippen molar-refractivity contribution in [3.05, 3.63) is 53.1 Å². The van der Waals surface area contributed by atoms with Gasteiger partial charge in [0, 0.05) is 16.9 Å². The first-order valence-electron chi connectivity index (χ1n) is 6.98. The number of primary amides is 1. The highest BCUT2D eigenvalue weighted by molar-refractivity contribution is 8.00. The maximum absolute atomic E-state index is 11.3. The second kappa shape index (κ2) is 4.93. The van der Waals surface area contributed by atoms with Crippen LogP contribution in [0.1, 0.15) is 26.9 Å². The first kappa shape index (κ1) is 13.5. The smallest absolute Gasteiger partial charge is 0.248 e. The molecule has 3 N–H and O–H groups in total. The zero-order valence-corrected chi connectivity index (χ0v) is 12.5. The zero-order chi connectivity index (χ0) is 15.3. The fourth-order valence-electron chi connectivity index (χ4n) is 2.82. The van der Waals surface area contributed by atoms with Crippen LogP contribution in [-0.2, 0) is 6.42 Å². The number of nitrogens with zero attached hydrogens (tertiary/aromatic N) is 1. The number of fused-ring (bicyclic) bond motifs is 2. The van der Waals surface area contributed by atoms with E-state index in [-0.39, 0.29) is 5.37 Å². The van der Waals surface area contributed by atoms with Gasteiger partial charge in [-0.1, -0.05) is 17.8 Å². The third-order valence-corrected chi connectivity index (χ3v) is 5.23. The molecule has 2 aliphatic heterocycles. The monoisotopic (exact) mass is 314 g/mol. The van der Waals surface area contributed by atoms with E-state index in [4.69, 9.17) is 10.5 Å². The highest BCUT2D eigenvalue weighted by Gasteiger charge is 2.32. The number of carbonyl (C=O) groups excluding carboxylic acids is 1. The normalized spacial score (nSPS) is 18.8. The SMILES string of the molecule is NC(=O)c1ccc2c(c1)SC(c1ccc3c(c1)CCO3)N2O. The lowest BCUT2D eigenvalue weighted by Gasteiger charge is -2.20. The number of benzene rings is 2.